The number of hydrogen-bond donors (Lipinski definition) is 0. The maximum atomic E-state index is 2.37. The van der Waals surface area contributed by atoms with Crippen LogP contribution >= 0.6 is 0 Å². The Morgan fingerprint density at radius 2 is 2.00 bits per heavy atom. The van der Waals surface area contributed by atoms with Crippen molar-refractivity contribution < 1.29 is 0 Å². The fraction of sp³-hybridized carbons (Fsp3) is 0.385. The van der Waals surface area contributed by atoms with Gasteiger partial charge in [0.15, 0.2) is 0 Å². The van der Waals surface area contributed by atoms with Crippen LogP contribution in [-0.4, -0.2) is 0 Å². The lowest BCUT2D eigenvalue weighted by atomic mass is 9.91. The van der Waals surface area contributed by atoms with Crippen LogP contribution in [0.5, 0.6) is 0 Å². The molecule has 0 heteroatoms. The molecule has 0 radical (unpaired) electrons. The first-order valence-corrected chi connectivity index (χ1v) is 5.11. The van der Waals surface area contributed by atoms with Crippen LogP contribution in [0.3, 0.4) is 0 Å². The molecule has 2 aliphatic rings. The zero-order valence-corrected chi connectivity index (χ0v) is 8.22. The van der Waals surface area contributed by atoms with Crippen molar-refractivity contribution in [1.29, 1.82) is 0 Å². The van der Waals surface area contributed by atoms with E-state index >= 15 is 0 Å². The zero-order valence-electron chi connectivity index (χ0n) is 8.22. The van der Waals surface area contributed by atoms with Gasteiger partial charge < -0.3 is 0 Å². The molecule has 0 saturated carbocycles. The van der Waals surface area contributed by atoms with Gasteiger partial charge in [0.25, 0.3) is 0 Å². The smallest absolute Gasteiger partial charge is 0.0238 e. The van der Waals surface area contributed by atoms with Crippen LogP contribution in [0.25, 0.3) is 0 Å². The second-order valence-corrected chi connectivity index (χ2v) is 3.80. The van der Waals surface area contributed by atoms with Crippen LogP contribution in [0.15, 0.2) is 47.1 Å². The first-order chi connectivity index (χ1) is 6.36. The summed E-state index contributed by atoms with van der Waals surface area (Å²) in [5.74, 6) is 0. The average Bonchev–Trinajstić information content (AvgIpc) is 2.19. The third-order valence-corrected chi connectivity index (χ3v) is 2.65. The van der Waals surface area contributed by atoms with Gasteiger partial charge >= 0.3 is 0 Å². The van der Waals surface area contributed by atoms with Gasteiger partial charge in [-0.3, -0.25) is 0 Å². The quantitative estimate of drug-likeness (QED) is 0.562. The monoisotopic (exact) mass is 172 g/mol. The Labute approximate surface area is 80.3 Å². The fourth-order valence-corrected chi connectivity index (χ4v) is 1.94. The summed E-state index contributed by atoms with van der Waals surface area (Å²) >= 11 is 0. The predicted molar refractivity (Wildman–Crippen MR) is 57.5 cm³/mol. The highest BCUT2D eigenvalue weighted by Gasteiger charge is 2.07. The van der Waals surface area contributed by atoms with Crippen molar-refractivity contribution in [2.75, 3.05) is 0 Å². The molecule has 0 nitrogen and oxygen atoms in total. The third-order valence-electron chi connectivity index (χ3n) is 2.65. The lowest BCUT2D eigenvalue weighted by Crippen LogP contribution is -1.95. The summed E-state index contributed by atoms with van der Waals surface area (Å²) in [6.07, 6.45) is 16.4. The fourth-order valence-electron chi connectivity index (χ4n) is 1.94. The zero-order chi connectivity index (χ0) is 9.10. The molecule has 2 rings (SSSR count). The first-order valence-electron chi connectivity index (χ1n) is 5.11. The largest absolute Gasteiger partial charge is 0.0836 e. The molecule has 0 saturated heterocycles. The molecule has 68 valence electrons. The van der Waals surface area contributed by atoms with E-state index in [0.717, 1.165) is 0 Å². The van der Waals surface area contributed by atoms with Gasteiger partial charge in [0.1, 0.15) is 0 Å². The van der Waals surface area contributed by atoms with Crippen molar-refractivity contribution in [1.82, 2.24) is 0 Å². The Balaban J connectivity index is 2.21. The SMILES string of the molecule is CC1=CCCC(C2=CCCC=C2)=C1. The van der Waals surface area contributed by atoms with Gasteiger partial charge in [0, 0.05) is 0 Å². The Bertz CT molecular complexity index is 311. The molecule has 13 heavy (non-hydrogen) atoms. The van der Waals surface area contributed by atoms with E-state index in [-0.39, 0.29) is 0 Å². The van der Waals surface area contributed by atoms with Crippen LogP contribution in [-0.2, 0) is 0 Å². The maximum absolute atomic E-state index is 2.37. The molecule has 0 amide bonds. The van der Waals surface area contributed by atoms with Crippen LogP contribution in [0, 0.1) is 0 Å². The molecular formula is C13H16. The highest BCUT2D eigenvalue weighted by atomic mass is 14.1. The van der Waals surface area contributed by atoms with E-state index in [2.05, 4.69) is 37.3 Å². The van der Waals surface area contributed by atoms with Gasteiger partial charge in [-0.05, 0) is 43.8 Å². The third kappa shape index (κ3) is 2.00. The van der Waals surface area contributed by atoms with E-state index in [1.54, 1.807) is 0 Å². The van der Waals surface area contributed by atoms with Crippen molar-refractivity contribution >= 4 is 0 Å². The molecule has 0 aromatic rings. The summed E-state index contributed by atoms with van der Waals surface area (Å²) in [5, 5.41) is 0. The lowest BCUT2D eigenvalue weighted by Gasteiger charge is -2.14. The lowest BCUT2D eigenvalue weighted by molar-refractivity contribution is 0.940. The summed E-state index contributed by atoms with van der Waals surface area (Å²) in [6.45, 7) is 2.19. The van der Waals surface area contributed by atoms with Crippen molar-refractivity contribution in [2.24, 2.45) is 0 Å². The molecule has 0 aliphatic heterocycles. The molecule has 0 aromatic carbocycles. The molecule has 0 heterocycles. The van der Waals surface area contributed by atoms with Crippen LogP contribution in [0.2, 0.25) is 0 Å². The highest BCUT2D eigenvalue weighted by Crippen LogP contribution is 2.26. The van der Waals surface area contributed by atoms with Crippen LogP contribution in [0.1, 0.15) is 32.6 Å². The second kappa shape index (κ2) is 3.78. The topological polar surface area (TPSA) is 0 Å². The molecule has 0 unspecified atom stereocenters. The Kier molecular flexibility index (Phi) is 2.49. The van der Waals surface area contributed by atoms with E-state index in [9.17, 15) is 0 Å². The standard InChI is InChI=1S/C13H16/c1-11-6-5-9-13(10-11)12-7-3-2-4-8-12/h3,6-8,10H,2,4-5,9H2,1H3. The van der Waals surface area contributed by atoms with E-state index in [0.29, 0.717) is 0 Å². The molecular weight excluding hydrogens is 156 g/mol. The van der Waals surface area contributed by atoms with Crippen LogP contribution < -0.4 is 0 Å². The van der Waals surface area contributed by atoms with Crippen molar-refractivity contribution in [2.45, 2.75) is 32.6 Å². The molecule has 0 fully saturated rings. The molecule has 0 N–H and O–H groups in total. The molecule has 0 atom stereocenters. The summed E-state index contributed by atoms with van der Waals surface area (Å²) in [5.41, 5.74) is 4.40. The first kappa shape index (κ1) is 8.55. The minimum atomic E-state index is 1.21. The second-order valence-electron chi connectivity index (χ2n) is 3.80. The van der Waals surface area contributed by atoms with E-state index in [1.807, 2.05) is 0 Å². The minimum Gasteiger partial charge on any atom is -0.0836 e. The summed E-state index contributed by atoms with van der Waals surface area (Å²) in [6, 6.07) is 0. The normalized spacial score (nSPS) is 22.1. The van der Waals surface area contributed by atoms with Gasteiger partial charge in [0.2, 0.25) is 0 Å². The van der Waals surface area contributed by atoms with Crippen LogP contribution in [0.4, 0.5) is 0 Å². The van der Waals surface area contributed by atoms with E-state index in [1.165, 1.54) is 42.4 Å². The summed E-state index contributed by atoms with van der Waals surface area (Å²) in [4.78, 5) is 0. The Hall–Kier alpha value is -1.04. The molecule has 0 spiro atoms. The maximum Gasteiger partial charge on any atom is -0.0238 e. The Morgan fingerprint density at radius 1 is 1.08 bits per heavy atom. The van der Waals surface area contributed by atoms with Crippen molar-refractivity contribution in [3.05, 3.63) is 47.1 Å². The molecule has 0 bridgehead atoms. The van der Waals surface area contributed by atoms with Crippen molar-refractivity contribution in [3.8, 4) is 0 Å². The summed E-state index contributed by atoms with van der Waals surface area (Å²) < 4.78 is 0. The van der Waals surface area contributed by atoms with E-state index < -0.39 is 0 Å². The molecule has 2 aliphatic carbocycles. The summed E-state index contributed by atoms with van der Waals surface area (Å²) in [7, 11) is 0. The number of hydrogen-bond acceptors (Lipinski definition) is 0. The van der Waals surface area contributed by atoms with Gasteiger partial charge in [-0.25, -0.2) is 0 Å². The average molecular weight is 172 g/mol. The number of allylic oxidation sites excluding steroid dienone is 8. The van der Waals surface area contributed by atoms with E-state index in [4.69, 9.17) is 0 Å². The van der Waals surface area contributed by atoms with Gasteiger partial charge in [-0.1, -0.05) is 36.0 Å². The highest BCUT2D eigenvalue weighted by molar-refractivity contribution is 5.46. The minimum absolute atomic E-state index is 1.21. The molecule has 0 aromatic heterocycles. The predicted octanol–water partition coefficient (Wildman–Crippen LogP) is 3.93. The Morgan fingerprint density at radius 3 is 2.69 bits per heavy atom. The number of rotatable bonds is 1. The van der Waals surface area contributed by atoms with Gasteiger partial charge in [-0.2, -0.15) is 0 Å². The van der Waals surface area contributed by atoms with Gasteiger partial charge in [-0.15, -0.1) is 0 Å². The van der Waals surface area contributed by atoms with Gasteiger partial charge in [0.05, 0.1) is 0 Å². The van der Waals surface area contributed by atoms with Crippen molar-refractivity contribution in [3.63, 3.8) is 0 Å².